The van der Waals surface area contributed by atoms with Crippen LogP contribution in [0.3, 0.4) is 0 Å². The molecule has 0 saturated heterocycles. The van der Waals surface area contributed by atoms with Crippen LogP contribution in [0.15, 0.2) is 71.1 Å². The summed E-state index contributed by atoms with van der Waals surface area (Å²) < 4.78 is 5.94. The highest BCUT2D eigenvalue weighted by molar-refractivity contribution is 6.30. The Kier molecular flexibility index (Phi) is 6.13. The van der Waals surface area contributed by atoms with Gasteiger partial charge in [-0.15, -0.1) is 0 Å². The number of halogens is 1. The zero-order valence-electron chi connectivity index (χ0n) is 15.3. The summed E-state index contributed by atoms with van der Waals surface area (Å²) in [4.78, 5) is 24.6. The molecule has 28 heavy (non-hydrogen) atoms. The lowest BCUT2D eigenvalue weighted by Gasteiger charge is -2.23. The molecule has 7 heteroatoms. The number of urea groups is 1. The molecular formula is C21H21ClN3O3+. The first-order valence-electron chi connectivity index (χ1n) is 8.76. The highest BCUT2D eigenvalue weighted by Crippen LogP contribution is 2.23. The Hall–Kier alpha value is -3.09. The number of nitrogens with two attached hydrogens (primary N) is 1. The number of imide groups is 1. The fourth-order valence-corrected chi connectivity index (χ4v) is 3.24. The monoisotopic (exact) mass is 398 g/mol. The van der Waals surface area contributed by atoms with Crippen LogP contribution in [0.2, 0.25) is 5.02 Å². The number of rotatable bonds is 6. The molecule has 4 N–H and O–H groups in total. The molecule has 0 saturated carbocycles. The maximum absolute atomic E-state index is 12.6. The molecule has 6 nitrogen and oxygen atoms in total. The lowest BCUT2D eigenvalue weighted by Crippen LogP contribution is -3.09. The van der Waals surface area contributed by atoms with Crippen molar-refractivity contribution >= 4 is 23.5 Å². The minimum atomic E-state index is -0.873. The van der Waals surface area contributed by atoms with Crippen molar-refractivity contribution in [2.24, 2.45) is 5.73 Å². The first-order valence-corrected chi connectivity index (χ1v) is 9.14. The van der Waals surface area contributed by atoms with Gasteiger partial charge in [-0.1, -0.05) is 41.9 Å². The molecule has 3 aromatic rings. The van der Waals surface area contributed by atoms with Gasteiger partial charge in [0.2, 0.25) is 0 Å². The number of hydrogen-bond donors (Lipinski definition) is 3. The van der Waals surface area contributed by atoms with E-state index in [-0.39, 0.29) is 0 Å². The lowest BCUT2D eigenvalue weighted by atomic mass is 10.0. The van der Waals surface area contributed by atoms with Gasteiger partial charge in [-0.25, -0.2) is 4.79 Å². The van der Waals surface area contributed by atoms with Crippen molar-refractivity contribution in [3.8, 4) is 11.3 Å². The van der Waals surface area contributed by atoms with Crippen LogP contribution < -0.4 is 16.0 Å². The maximum Gasteiger partial charge on any atom is 0.319 e. The van der Waals surface area contributed by atoms with Gasteiger partial charge < -0.3 is 15.1 Å². The first-order chi connectivity index (χ1) is 13.4. The van der Waals surface area contributed by atoms with Gasteiger partial charge in [0, 0.05) is 16.1 Å². The molecule has 1 aromatic heterocycles. The van der Waals surface area contributed by atoms with Crippen molar-refractivity contribution in [2.45, 2.75) is 12.6 Å². The second-order valence-electron chi connectivity index (χ2n) is 6.49. The van der Waals surface area contributed by atoms with E-state index < -0.39 is 18.0 Å². The average Bonchev–Trinajstić information content (AvgIpc) is 3.11. The number of quaternary nitrogens is 1. The van der Waals surface area contributed by atoms with E-state index in [9.17, 15) is 9.59 Å². The van der Waals surface area contributed by atoms with Crippen LogP contribution in [-0.2, 0) is 11.3 Å². The molecule has 144 valence electrons. The standard InChI is InChI=1S/C21H20ClN3O3/c1-25(19(20(26)24-21(23)27)15-5-3-2-4-6-15)13-17-11-12-18(28-17)14-7-9-16(22)10-8-14/h2-12,19H,13H2,1H3,(H3,23,24,26,27)/p+1/t19-/m0/s1. The van der Waals surface area contributed by atoms with Gasteiger partial charge in [0.05, 0.1) is 7.05 Å². The summed E-state index contributed by atoms with van der Waals surface area (Å²) in [5.74, 6) is 0.980. The number of furan rings is 1. The number of primary amides is 1. The molecule has 3 rings (SSSR count). The number of amides is 3. The molecule has 2 atom stereocenters. The number of carbonyl (C=O) groups excluding carboxylic acids is 2. The van der Waals surface area contributed by atoms with Crippen LogP contribution >= 0.6 is 11.6 Å². The van der Waals surface area contributed by atoms with E-state index in [4.69, 9.17) is 21.8 Å². The van der Waals surface area contributed by atoms with Gasteiger partial charge in [0.25, 0.3) is 5.91 Å². The minimum absolute atomic E-state index is 0.444. The molecule has 0 fully saturated rings. The van der Waals surface area contributed by atoms with Gasteiger partial charge in [-0.3, -0.25) is 10.1 Å². The number of benzene rings is 2. The zero-order valence-corrected chi connectivity index (χ0v) is 16.1. The summed E-state index contributed by atoms with van der Waals surface area (Å²) in [5, 5.41) is 2.84. The van der Waals surface area contributed by atoms with Crippen LogP contribution in [0, 0.1) is 0 Å². The second kappa shape index (κ2) is 8.73. The number of hydrogen-bond acceptors (Lipinski definition) is 3. The van der Waals surface area contributed by atoms with E-state index in [2.05, 4.69) is 5.32 Å². The summed E-state index contributed by atoms with van der Waals surface area (Å²) in [6, 6.07) is 18.9. The molecule has 1 heterocycles. The number of carbonyl (C=O) groups is 2. The lowest BCUT2D eigenvalue weighted by molar-refractivity contribution is -0.917. The number of nitrogens with one attached hydrogen (secondary N) is 2. The molecule has 1 unspecified atom stereocenters. The Labute approximate surface area is 167 Å². The normalized spacial score (nSPS) is 12.9. The maximum atomic E-state index is 12.6. The Balaban J connectivity index is 1.80. The van der Waals surface area contributed by atoms with Crippen LogP contribution in [0.25, 0.3) is 11.3 Å². The number of likely N-dealkylation sites (N-methyl/N-ethyl adjacent to an activating group) is 1. The molecule has 0 aliphatic carbocycles. The minimum Gasteiger partial charge on any atom is -0.455 e. The summed E-state index contributed by atoms with van der Waals surface area (Å²) in [7, 11) is 1.86. The largest absolute Gasteiger partial charge is 0.455 e. The predicted molar refractivity (Wildman–Crippen MR) is 107 cm³/mol. The third-order valence-corrected chi connectivity index (χ3v) is 4.63. The van der Waals surface area contributed by atoms with Gasteiger partial charge in [-0.2, -0.15) is 0 Å². The Morgan fingerprint density at radius 1 is 1.07 bits per heavy atom. The first kappa shape index (κ1) is 19.7. The average molecular weight is 399 g/mol. The SMILES string of the molecule is C[NH+](Cc1ccc(-c2ccc(Cl)cc2)o1)[C@H](C(=O)NC(N)=O)c1ccccc1. The smallest absolute Gasteiger partial charge is 0.319 e. The van der Waals surface area contributed by atoms with Crippen molar-refractivity contribution in [1.82, 2.24) is 5.32 Å². The van der Waals surface area contributed by atoms with Crippen molar-refractivity contribution in [3.63, 3.8) is 0 Å². The molecule has 0 aliphatic heterocycles. The molecule has 0 bridgehead atoms. The molecule has 3 amide bonds. The van der Waals surface area contributed by atoms with Gasteiger partial charge in [-0.05, 0) is 36.4 Å². The quantitative estimate of drug-likeness (QED) is 0.596. The van der Waals surface area contributed by atoms with Crippen LogP contribution in [-0.4, -0.2) is 19.0 Å². The Morgan fingerprint density at radius 2 is 1.75 bits per heavy atom. The van der Waals surface area contributed by atoms with Crippen molar-refractivity contribution in [1.29, 1.82) is 0 Å². The highest BCUT2D eigenvalue weighted by atomic mass is 35.5. The molecule has 0 aliphatic rings. The van der Waals surface area contributed by atoms with Crippen LogP contribution in [0.4, 0.5) is 4.79 Å². The van der Waals surface area contributed by atoms with E-state index in [1.807, 2.05) is 61.6 Å². The topological polar surface area (TPSA) is 89.8 Å². The summed E-state index contributed by atoms with van der Waals surface area (Å²) in [5.41, 5.74) is 6.83. The molecular weight excluding hydrogens is 378 g/mol. The van der Waals surface area contributed by atoms with Crippen molar-refractivity contribution in [2.75, 3.05) is 7.05 Å². The van der Waals surface area contributed by atoms with Gasteiger partial charge in [0.15, 0.2) is 11.8 Å². The summed E-state index contributed by atoms with van der Waals surface area (Å²) >= 11 is 5.93. The fraction of sp³-hybridized carbons (Fsp3) is 0.143. The molecule has 2 aromatic carbocycles. The van der Waals surface area contributed by atoms with Crippen LogP contribution in [0.5, 0.6) is 0 Å². The summed E-state index contributed by atoms with van der Waals surface area (Å²) in [6.45, 7) is 0.444. The van der Waals surface area contributed by atoms with E-state index in [1.165, 1.54) is 0 Å². The van der Waals surface area contributed by atoms with Gasteiger partial charge >= 0.3 is 6.03 Å². The predicted octanol–water partition coefficient (Wildman–Crippen LogP) is 2.55. The van der Waals surface area contributed by atoms with Gasteiger partial charge in [0.1, 0.15) is 12.3 Å². The third kappa shape index (κ3) is 4.79. The van der Waals surface area contributed by atoms with Crippen LogP contribution in [0.1, 0.15) is 17.4 Å². The fourth-order valence-electron chi connectivity index (χ4n) is 3.12. The summed E-state index contributed by atoms with van der Waals surface area (Å²) in [6.07, 6.45) is 0. The molecule has 0 radical (unpaired) electrons. The van der Waals surface area contributed by atoms with E-state index in [0.29, 0.717) is 11.6 Å². The van der Waals surface area contributed by atoms with E-state index in [0.717, 1.165) is 27.5 Å². The van der Waals surface area contributed by atoms with Crippen molar-refractivity contribution < 1.29 is 18.9 Å². The highest BCUT2D eigenvalue weighted by Gasteiger charge is 2.30. The second-order valence-corrected chi connectivity index (χ2v) is 6.93. The van der Waals surface area contributed by atoms with E-state index in [1.54, 1.807) is 12.1 Å². The van der Waals surface area contributed by atoms with Crippen molar-refractivity contribution in [3.05, 3.63) is 83.1 Å². The Bertz CT molecular complexity index is 955. The zero-order chi connectivity index (χ0) is 20.1. The van der Waals surface area contributed by atoms with E-state index >= 15 is 0 Å². The third-order valence-electron chi connectivity index (χ3n) is 4.38. The Morgan fingerprint density at radius 3 is 2.39 bits per heavy atom. The molecule has 0 spiro atoms.